The minimum Gasteiger partial charge on any atom is -0.466 e. The van der Waals surface area contributed by atoms with Crippen molar-refractivity contribution in [3.63, 3.8) is 0 Å². The third-order valence-corrected chi connectivity index (χ3v) is 3.99. The Morgan fingerprint density at radius 3 is 2.50 bits per heavy atom. The van der Waals surface area contributed by atoms with Gasteiger partial charge in [-0.1, -0.05) is 20.8 Å². The molecule has 0 N–H and O–H groups in total. The highest BCUT2D eigenvalue weighted by atomic mass is 16.5. The molecule has 2 atom stereocenters. The number of hydrogen-bond donors (Lipinski definition) is 0. The number of hydrogen-bond acceptors (Lipinski definition) is 2. The van der Waals surface area contributed by atoms with E-state index in [1.807, 2.05) is 6.92 Å². The molecule has 0 bridgehead atoms. The van der Waals surface area contributed by atoms with E-state index in [9.17, 15) is 4.79 Å². The van der Waals surface area contributed by atoms with E-state index < -0.39 is 0 Å². The SMILES string of the molecule is CCOC(=O)CC1CCC(C)C1(C)C. The maximum atomic E-state index is 11.4. The zero-order chi connectivity index (χ0) is 10.8. The van der Waals surface area contributed by atoms with Crippen molar-refractivity contribution in [2.75, 3.05) is 6.61 Å². The zero-order valence-corrected chi connectivity index (χ0v) is 9.80. The number of carbonyl (C=O) groups is 1. The summed E-state index contributed by atoms with van der Waals surface area (Å²) in [7, 11) is 0. The first kappa shape index (κ1) is 11.5. The molecule has 1 aliphatic rings. The third-order valence-electron chi connectivity index (χ3n) is 3.99. The monoisotopic (exact) mass is 198 g/mol. The van der Waals surface area contributed by atoms with E-state index in [4.69, 9.17) is 4.74 Å². The summed E-state index contributed by atoms with van der Waals surface area (Å²) >= 11 is 0. The minimum atomic E-state index is -0.0281. The van der Waals surface area contributed by atoms with Crippen LogP contribution in [0.15, 0.2) is 0 Å². The van der Waals surface area contributed by atoms with Crippen molar-refractivity contribution >= 4 is 5.97 Å². The maximum absolute atomic E-state index is 11.4. The Labute approximate surface area is 87.0 Å². The molecule has 2 unspecified atom stereocenters. The first-order valence-electron chi connectivity index (χ1n) is 5.64. The number of esters is 1. The highest BCUT2D eigenvalue weighted by molar-refractivity contribution is 5.69. The van der Waals surface area contributed by atoms with Crippen LogP contribution in [0, 0.1) is 17.3 Å². The van der Waals surface area contributed by atoms with Crippen LogP contribution in [0.2, 0.25) is 0 Å². The summed E-state index contributed by atoms with van der Waals surface area (Å²) in [6, 6.07) is 0. The van der Waals surface area contributed by atoms with Crippen LogP contribution in [0.5, 0.6) is 0 Å². The van der Waals surface area contributed by atoms with Crippen LogP contribution in [-0.2, 0) is 9.53 Å². The molecule has 1 saturated carbocycles. The van der Waals surface area contributed by atoms with E-state index in [-0.39, 0.29) is 5.97 Å². The molecule has 2 nitrogen and oxygen atoms in total. The van der Waals surface area contributed by atoms with Gasteiger partial charge in [0.1, 0.15) is 0 Å². The van der Waals surface area contributed by atoms with E-state index >= 15 is 0 Å². The van der Waals surface area contributed by atoms with Gasteiger partial charge in [0, 0.05) is 6.42 Å². The van der Waals surface area contributed by atoms with Gasteiger partial charge in [-0.3, -0.25) is 4.79 Å². The van der Waals surface area contributed by atoms with Crippen molar-refractivity contribution in [1.82, 2.24) is 0 Å². The largest absolute Gasteiger partial charge is 0.466 e. The van der Waals surface area contributed by atoms with Crippen molar-refractivity contribution < 1.29 is 9.53 Å². The number of rotatable bonds is 3. The van der Waals surface area contributed by atoms with Gasteiger partial charge in [-0.15, -0.1) is 0 Å². The Hall–Kier alpha value is -0.530. The lowest BCUT2D eigenvalue weighted by Gasteiger charge is -2.30. The fourth-order valence-electron chi connectivity index (χ4n) is 2.38. The van der Waals surface area contributed by atoms with Crippen molar-refractivity contribution in [1.29, 1.82) is 0 Å². The second kappa shape index (κ2) is 4.33. The summed E-state index contributed by atoms with van der Waals surface area (Å²) in [4.78, 5) is 11.4. The molecule has 0 amide bonds. The van der Waals surface area contributed by atoms with Crippen molar-refractivity contribution in [2.24, 2.45) is 17.3 Å². The van der Waals surface area contributed by atoms with Crippen LogP contribution in [0.25, 0.3) is 0 Å². The standard InChI is InChI=1S/C12H22O2/c1-5-14-11(13)8-10-7-6-9(2)12(10,3)4/h9-10H,5-8H2,1-4H3. The van der Waals surface area contributed by atoms with E-state index in [2.05, 4.69) is 20.8 Å². The van der Waals surface area contributed by atoms with Crippen LogP contribution in [0.1, 0.15) is 47.0 Å². The lowest BCUT2D eigenvalue weighted by Crippen LogP contribution is -2.26. The molecule has 2 heteroatoms. The Kier molecular flexibility index (Phi) is 3.57. The molecule has 0 aromatic heterocycles. The number of carbonyl (C=O) groups excluding carboxylic acids is 1. The van der Waals surface area contributed by atoms with Crippen molar-refractivity contribution in [2.45, 2.75) is 47.0 Å². The Morgan fingerprint density at radius 1 is 1.43 bits per heavy atom. The van der Waals surface area contributed by atoms with E-state index in [0.29, 0.717) is 24.4 Å². The number of ether oxygens (including phenoxy) is 1. The first-order chi connectivity index (χ1) is 6.48. The summed E-state index contributed by atoms with van der Waals surface area (Å²) in [6.45, 7) is 9.19. The summed E-state index contributed by atoms with van der Waals surface area (Å²) in [5, 5.41) is 0. The molecule has 1 aliphatic carbocycles. The second-order valence-electron chi connectivity index (χ2n) is 5.01. The van der Waals surface area contributed by atoms with Crippen LogP contribution in [-0.4, -0.2) is 12.6 Å². The molecule has 14 heavy (non-hydrogen) atoms. The molecule has 82 valence electrons. The van der Waals surface area contributed by atoms with Gasteiger partial charge in [0.25, 0.3) is 0 Å². The summed E-state index contributed by atoms with van der Waals surface area (Å²) < 4.78 is 4.99. The Balaban J connectivity index is 2.50. The first-order valence-corrected chi connectivity index (χ1v) is 5.64. The Morgan fingerprint density at radius 2 is 2.07 bits per heavy atom. The topological polar surface area (TPSA) is 26.3 Å². The van der Waals surface area contributed by atoms with E-state index in [0.717, 1.165) is 5.92 Å². The van der Waals surface area contributed by atoms with Gasteiger partial charge in [-0.25, -0.2) is 0 Å². The zero-order valence-electron chi connectivity index (χ0n) is 9.80. The summed E-state index contributed by atoms with van der Waals surface area (Å²) in [5.41, 5.74) is 0.298. The van der Waals surface area contributed by atoms with Crippen molar-refractivity contribution in [3.8, 4) is 0 Å². The fourth-order valence-corrected chi connectivity index (χ4v) is 2.38. The van der Waals surface area contributed by atoms with Crippen LogP contribution in [0.4, 0.5) is 0 Å². The van der Waals surface area contributed by atoms with Gasteiger partial charge in [0.2, 0.25) is 0 Å². The lowest BCUT2D eigenvalue weighted by atomic mass is 9.75. The van der Waals surface area contributed by atoms with Crippen LogP contribution in [0.3, 0.4) is 0 Å². The van der Waals surface area contributed by atoms with Crippen LogP contribution < -0.4 is 0 Å². The molecule has 0 aliphatic heterocycles. The van der Waals surface area contributed by atoms with E-state index in [1.54, 1.807) is 0 Å². The van der Waals surface area contributed by atoms with E-state index in [1.165, 1.54) is 12.8 Å². The molecule has 0 saturated heterocycles. The average molecular weight is 198 g/mol. The van der Waals surface area contributed by atoms with Gasteiger partial charge >= 0.3 is 5.97 Å². The third kappa shape index (κ3) is 2.28. The molecule has 1 fully saturated rings. The van der Waals surface area contributed by atoms with Gasteiger partial charge < -0.3 is 4.74 Å². The van der Waals surface area contributed by atoms with Crippen molar-refractivity contribution in [3.05, 3.63) is 0 Å². The highest BCUT2D eigenvalue weighted by Gasteiger charge is 2.41. The van der Waals surface area contributed by atoms with Gasteiger partial charge in [-0.2, -0.15) is 0 Å². The fraction of sp³-hybridized carbons (Fsp3) is 0.917. The van der Waals surface area contributed by atoms with Crippen LogP contribution >= 0.6 is 0 Å². The maximum Gasteiger partial charge on any atom is 0.306 e. The normalized spacial score (nSPS) is 30.3. The molecule has 0 aromatic carbocycles. The molecular formula is C12H22O2. The molecule has 0 radical (unpaired) electrons. The second-order valence-corrected chi connectivity index (χ2v) is 5.01. The molecule has 0 spiro atoms. The summed E-state index contributed by atoms with van der Waals surface area (Å²) in [5.74, 6) is 1.21. The smallest absolute Gasteiger partial charge is 0.306 e. The highest BCUT2D eigenvalue weighted by Crippen LogP contribution is 2.48. The Bertz CT molecular complexity index is 208. The van der Waals surface area contributed by atoms with Gasteiger partial charge in [-0.05, 0) is 37.0 Å². The predicted molar refractivity (Wildman–Crippen MR) is 56.9 cm³/mol. The quantitative estimate of drug-likeness (QED) is 0.652. The molecule has 1 rings (SSSR count). The lowest BCUT2D eigenvalue weighted by molar-refractivity contribution is -0.145. The minimum absolute atomic E-state index is 0.0281. The molecule has 0 heterocycles. The predicted octanol–water partition coefficient (Wildman–Crippen LogP) is 3.01. The molecular weight excluding hydrogens is 176 g/mol. The van der Waals surface area contributed by atoms with Gasteiger partial charge in [0.05, 0.1) is 6.61 Å². The average Bonchev–Trinajstić information content (AvgIpc) is 2.32. The summed E-state index contributed by atoms with van der Waals surface area (Å²) in [6.07, 6.45) is 3.02. The van der Waals surface area contributed by atoms with Gasteiger partial charge in [0.15, 0.2) is 0 Å². The molecule has 0 aromatic rings.